The predicted octanol–water partition coefficient (Wildman–Crippen LogP) is 2.22. The van der Waals surface area contributed by atoms with E-state index >= 15 is 0 Å². The first kappa shape index (κ1) is 19.8. The normalized spacial score (nSPS) is 12.1. The fraction of sp³-hybridized carbons (Fsp3) is 0.381. The molecule has 0 radical (unpaired) electrons. The number of hydrogen-bond acceptors (Lipinski definition) is 6. The van der Waals surface area contributed by atoms with Gasteiger partial charge in [-0.3, -0.25) is 9.69 Å². The van der Waals surface area contributed by atoms with Gasteiger partial charge in [-0.1, -0.05) is 12.1 Å². The number of nitrogens with zero attached hydrogens (tertiary/aromatic N) is 1. The number of nitrogens with one attached hydrogen (secondary N) is 1. The van der Waals surface area contributed by atoms with Gasteiger partial charge in [0.2, 0.25) is 12.7 Å². The van der Waals surface area contributed by atoms with Gasteiger partial charge in [0.05, 0.1) is 20.8 Å². The minimum Gasteiger partial charge on any atom is -0.493 e. The first-order chi connectivity index (χ1) is 13.6. The molecule has 0 aromatic heterocycles. The molecule has 1 aliphatic heterocycles. The number of fused-ring (bicyclic) bond motifs is 1. The fourth-order valence-corrected chi connectivity index (χ4v) is 2.99. The van der Waals surface area contributed by atoms with Crippen LogP contribution in [-0.4, -0.2) is 52.0 Å². The van der Waals surface area contributed by atoms with Crippen molar-refractivity contribution in [2.24, 2.45) is 0 Å². The molecule has 0 saturated heterocycles. The van der Waals surface area contributed by atoms with Crippen molar-refractivity contribution in [3.8, 4) is 23.0 Å². The summed E-state index contributed by atoms with van der Waals surface area (Å²) in [6.07, 6.45) is 0.812. The minimum absolute atomic E-state index is 0.0209. The lowest BCUT2D eigenvalue weighted by Crippen LogP contribution is -2.35. The van der Waals surface area contributed by atoms with Gasteiger partial charge in [0.15, 0.2) is 23.0 Å². The molecular formula is C21H26N2O5. The molecular weight excluding hydrogens is 360 g/mol. The molecule has 1 amide bonds. The van der Waals surface area contributed by atoms with Crippen molar-refractivity contribution in [1.82, 2.24) is 10.2 Å². The van der Waals surface area contributed by atoms with Crippen LogP contribution in [0.15, 0.2) is 36.4 Å². The van der Waals surface area contributed by atoms with Crippen LogP contribution in [0.25, 0.3) is 0 Å². The van der Waals surface area contributed by atoms with E-state index in [2.05, 4.69) is 5.32 Å². The first-order valence-electron chi connectivity index (χ1n) is 9.13. The molecule has 1 heterocycles. The molecule has 28 heavy (non-hydrogen) atoms. The van der Waals surface area contributed by atoms with Crippen LogP contribution >= 0.6 is 0 Å². The third kappa shape index (κ3) is 5.07. The van der Waals surface area contributed by atoms with Gasteiger partial charge in [-0.2, -0.15) is 0 Å². The Kier molecular flexibility index (Phi) is 6.60. The van der Waals surface area contributed by atoms with Gasteiger partial charge in [-0.15, -0.1) is 0 Å². The fourth-order valence-electron chi connectivity index (χ4n) is 2.99. The molecule has 2 aromatic rings. The summed E-state index contributed by atoms with van der Waals surface area (Å²) in [5.41, 5.74) is 2.11. The molecule has 2 aromatic carbocycles. The molecule has 0 unspecified atom stereocenters. The molecule has 0 aliphatic carbocycles. The summed E-state index contributed by atoms with van der Waals surface area (Å²) in [7, 11) is 5.17. The second-order valence-electron chi connectivity index (χ2n) is 6.64. The quantitative estimate of drug-likeness (QED) is 0.713. The topological polar surface area (TPSA) is 69.3 Å². The van der Waals surface area contributed by atoms with Crippen LogP contribution in [0.1, 0.15) is 11.1 Å². The van der Waals surface area contributed by atoms with Crippen molar-refractivity contribution in [2.75, 3.05) is 41.1 Å². The van der Waals surface area contributed by atoms with Gasteiger partial charge >= 0.3 is 0 Å². The number of amides is 1. The van der Waals surface area contributed by atoms with Gasteiger partial charge < -0.3 is 24.3 Å². The van der Waals surface area contributed by atoms with E-state index in [9.17, 15) is 4.79 Å². The second kappa shape index (κ2) is 9.32. The summed E-state index contributed by atoms with van der Waals surface area (Å²) in [6, 6.07) is 11.5. The molecule has 0 bridgehead atoms. The highest BCUT2D eigenvalue weighted by atomic mass is 16.7. The Bertz CT molecular complexity index is 824. The number of hydrogen-bond donors (Lipinski definition) is 1. The van der Waals surface area contributed by atoms with Crippen LogP contribution < -0.4 is 24.3 Å². The summed E-state index contributed by atoms with van der Waals surface area (Å²) >= 11 is 0. The molecule has 7 heteroatoms. The Hall–Kier alpha value is -2.93. The van der Waals surface area contributed by atoms with E-state index < -0.39 is 0 Å². The van der Waals surface area contributed by atoms with E-state index in [4.69, 9.17) is 18.9 Å². The third-order valence-electron chi connectivity index (χ3n) is 4.57. The summed E-state index contributed by atoms with van der Waals surface area (Å²) in [6.45, 7) is 1.79. The number of carbonyl (C=O) groups is 1. The molecule has 150 valence electrons. The highest BCUT2D eigenvalue weighted by Crippen LogP contribution is 2.32. The van der Waals surface area contributed by atoms with Crippen LogP contribution in [-0.2, 0) is 17.8 Å². The monoisotopic (exact) mass is 386 g/mol. The SMILES string of the molecule is COc1ccc(CCN(C)CC(=O)NCc2ccc3c(c2)OCO3)cc1OC. The standard InChI is InChI=1S/C21H26N2O5/c1-23(9-8-15-4-6-17(25-2)19(10-15)26-3)13-21(24)22-12-16-5-7-18-20(11-16)28-14-27-18/h4-7,10-11H,8-9,12-14H2,1-3H3,(H,22,24). The Morgan fingerprint density at radius 2 is 1.79 bits per heavy atom. The van der Waals surface area contributed by atoms with Crippen molar-refractivity contribution in [2.45, 2.75) is 13.0 Å². The maximum absolute atomic E-state index is 12.2. The molecule has 1 N–H and O–H groups in total. The average Bonchev–Trinajstić information content (AvgIpc) is 3.18. The lowest BCUT2D eigenvalue weighted by atomic mass is 10.1. The Balaban J connectivity index is 1.43. The van der Waals surface area contributed by atoms with E-state index in [0.717, 1.165) is 35.6 Å². The maximum atomic E-state index is 12.2. The number of carbonyl (C=O) groups excluding carboxylic acids is 1. The van der Waals surface area contributed by atoms with Crippen molar-refractivity contribution in [3.05, 3.63) is 47.5 Å². The number of likely N-dealkylation sites (N-methyl/N-ethyl adjacent to an activating group) is 1. The van der Waals surface area contributed by atoms with Crippen molar-refractivity contribution >= 4 is 5.91 Å². The molecule has 3 rings (SSSR count). The number of benzene rings is 2. The third-order valence-corrected chi connectivity index (χ3v) is 4.57. The van der Waals surface area contributed by atoms with Crippen molar-refractivity contribution in [1.29, 1.82) is 0 Å². The lowest BCUT2D eigenvalue weighted by molar-refractivity contribution is -0.122. The van der Waals surface area contributed by atoms with E-state index in [0.29, 0.717) is 24.6 Å². The molecule has 0 fully saturated rings. The first-order valence-corrected chi connectivity index (χ1v) is 9.13. The van der Waals surface area contributed by atoms with Gasteiger partial charge in [-0.05, 0) is 48.9 Å². The van der Waals surface area contributed by atoms with Crippen molar-refractivity contribution in [3.63, 3.8) is 0 Å². The van der Waals surface area contributed by atoms with Gasteiger partial charge in [-0.25, -0.2) is 0 Å². The lowest BCUT2D eigenvalue weighted by Gasteiger charge is -2.17. The van der Waals surface area contributed by atoms with E-state index in [1.165, 1.54) is 0 Å². The highest BCUT2D eigenvalue weighted by Gasteiger charge is 2.14. The zero-order valence-electron chi connectivity index (χ0n) is 16.5. The zero-order valence-corrected chi connectivity index (χ0v) is 16.5. The molecule has 1 aliphatic rings. The summed E-state index contributed by atoms with van der Waals surface area (Å²) in [4.78, 5) is 14.2. The largest absolute Gasteiger partial charge is 0.493 e. The highest BCUT2D eigenvalue weighted by molar-refractivity contribution is 5.78. The number of rotatable bonds is 9. The number of ether oxygens (including phenoxy) is 4. The predicted molar refractivity (Wildman–Crippen MR) is 105 cm³/mol. The van der Waals surface area contributed by atoms with Gasteiger partial charge in [0.25, 0.3) is 0 Å². The Morgan fingerprint density at radius 3 is 2.57 bits per heavy atom. The maximum Gasteiger partial charge on any atom is 0.234 e. The molecule has 0 spiro atoms. The summed E-state index contributed by atoms with van der Waals surface area (Å²) < 4.78 is 21.2. The van der Waals surface area contributed by atoms with Crippen LogP contribution in [0.2, 0.25) is 0 Å². The van der Waals surface area contributed by atoms with Crippen LogP contribution in [0.4, 0.5) is 0 Å². The molecule has 0 saturated carbocycles. The zero-order chi connectivity index (χ0) is 19.9. The summed E-state index contributed by atoms with van der Waals surface area (Å²) in [5.74, 6) is 2.86. The van der Waals surface area contributed by atoms with Crippen LogP contribution in [0, 0.1) is 0 Å². The van der Waals surface area contributed by atoms with Crippen LogP contribution in [0.5, 0.6) is 23.0 Å². The van der Waals surface area contributed by atoms with Crippen LogP contribution in [0.3, 0.4) is 0 Å². The van der Waals surface area contributed by atoms with Crippen molar-refractivity contribution < 1.29 is 23.7 Å². The number of methoxy groups -OCH3 is 2. The van der Waals surface area contributed by atoms with Gasteiger partial charge in [0, 0.05) is 13.1 Å². The van der Waals surface area contributed by atoms with E-state index in [1.54, 1.807) is 14.2 Å². The van der Waals surface area contributed by atoms with E-state index in [-0.39, 0.29) is 12.7 Å². The average molecular weight is 386 g/mol. The minimum atomic E-state index is -0.0209. The Morgan fingerprint density at radius 1 is 1.04 bits per heavy atom. The molecule has 0 atom stereocenters. The second-order valence-corrected chi connectivity index (χ2v) is 6.64. The summed E-state index contributed by atoms with van der Waals surface area (Å²) in [5, 5.41) is 2.94. The molecule has 7 nitrogen and oxygen atoms in total. The Labute approximate surface area is 165 Å². The smallest absolute Gasteiger partial charge is 0.234 e. The van der Waals surface area contributed by atoms with E-state index in [1.807, 2.05) is 48.3 Å². The van der Waals surface area contributed by atoms with Gasteiger partial charge in [0.1, 0.15) is 0 Å².